The predicted molar refractivity (Wildman–Crippen MR) is 413 cm³/mol. The highest BCUT2D eigenvalue weighted by molar-refractivity contribution is 6.33. The third kappa shape index (κ3) is 21.4. The number of pyridine rings is 3. The Hall–Kier alpha value is -10.3. The van der Waals surface area contributed by atoms with E-state index in [0.29, 0.717) is 93.0 Å². The van der Waals surface area contributed by atoms with E-state index in [1.165, 1.54) is 43.2 Å². The fourth-order valence-electron chi connectivity index (χ4n) is 10.5. The van der Waals surface area contributed by atoms with Crippen LogP contribution in [-0.2, 0) is 0 Å². The van der Waals surface area contributed by atoms with Crippen molar-refractivity contribution in [3.63, 3.8) is 0 Å². The maximum atomic E-state index is 12.9. The van der Waals surface area contributed by atoms with Crippen molar-refractivity contribution in [2.24, 2.45) is 4.99 Å². The monoisotopic (exact) mass is 1490 g/mol. The molecule has 0 saturated carbocycles. The summed E-state index contributed by atoms with van der Waals surface area (Å²) in [7, 11) is 1.99. The van der Waals surface area contributed by atoms with Crippen LogP contribution in [0.1, 0.15) is 133 Å². The first-order chi connectivity index (χ1) is 47.7. The van der Waals surface area contributed by atoms with Crippen molar-refractivity contribution in [1.29, 1.82) is 10.8 Å². The number of amidine groups is 3. The van der Waals surface area contributed by atoms with E-state index in [1.54, 1.807) is 133 Å². The van der Waals surface area contributed by atoms with Crippen LogP contribution in [0.4, 0.5) is 34.5 Å². The number of piperidine rings is 1. The number of amides is 6. The smallest absolute Gasteiger partial charge is 0.258 e. The summed E-state index contributed by atoms with van der Waals surface area (Å²) in [6, 6.07) is 44.5. The van der Waals surface area contributed by atoms with Crippen molar-refractivity contribution in [2.45, 2.75) is 54.4 Å². The molecule has 2 saturated heterocycles. The minimum atomic E-state index is -0.475. The molecule has 2 fully saturated rings. The number of aromatic nitrogens is 3. The summed E-state index contributed by atoms with van der Waals surface area (Å²) >= 11 is 35.8. The molecule has 0 spiro atoms. The van der Waals surface area contributed by atoms with Crippen LogP contribution in [0.3, 0.4) is 0 Å². The molecule has 0 bridgehead atoms. The highest BCUT2D eigenvalue weighted by atomic mass is 35.5. The first kappa shape index (κ1) is 79.1. The first-order valence-corrected chi connectivity index (χ1v) is 33.3. The van der Waals surface area contributed by atoms with Gasteiger partial charge in [0.15, 0.2) is 0 Å². The third-order valence-electron chi connectivity index (χ3n) is 15.7. The SMILES string of the molecule is C.C.C.CN1CCN=C1c1ccc(C(=O)Nc2ccc(Cl)cc2C(=O)Nc2ccc(Cl)cn2)cc1.N=C(c1ccc(C(=O)Nc2ccc(Cl)cc2C(=O)Nc2ccc(Cl)cn2)cc1)N1CCCC1.N=C(c1ccc(C(=O)Nc2ccc(Cl)cc2C(=O)Nc2ccc(Cl)cn2)cc1)N1CCCCC1. The van der Waals surface area contributed by atoms with Crippen LogP contribution in [0.15, 0.2) is 187 Å². The molecule has 6 aromatic carbocycles. The van der Waals surface area contributed by atoms with E-state index in [4.69, 9.17) is 80.4 Å². The number of anilines is 6. The summed E-state index contributed by atoms with van der Waals surface area (Å²) in [5.74, 6) is 0.287. The van der Waals surface area contributed by atoms with Crippen molar-refractivity contribution < 1.29 is 28.8 Å². The van der Waals surface area contributed by atoms with Crippen LogP contribution in [0.2, 0.25) is 30.1 Å². The van der Waals surface area contributed by atoms with Gasteiger partial charge in [0, 0.05) is 107 Å². The molecule has 6 heterocycles. The lowest BCUT2D eigenvalue weighted by molar-refractivity contribution is 0.101. The number of carbonyl (C=O) groups is 6. The zero-order chi connectivity index (χ0) is 70.1. The van der Waals surface area contributed by atoms with Crippen LogP contribution in [0.5, 0.6) is 0 Å². The van der Waals surface area contributed by atoms with Crippen LogP contribution < -0.4 is 31.9 Å². The Morgan fingerprint density at radius 1 is 0.353 bits per heavy atom. The second-order valence-corrected chi connectivity index (χ2v) is 25.3. The Labute approximate surface area is 622 Å². The maximum Gasteiger partial charge on any atom is 0.258 e. The number of nitrogens with zero attached hydrogens (tertiary/aromatic N) is 7. The Morgan fingerprint density at radius 2 is 0.647 bits per heavy atom. The zero-order valence-corrected chi connectivity index (χ0v) is 57.5. The van der Waals surface area contributed by atoms with Crippen LogP contribution in [0.25, 0.3) is 0 Å². The van der Waals surface area contributed by atoms with E-state index >= 15 is 0 Å². The number of rotatable bonds is 15. The van der Waals surface area contributed by atoms with Gasteiger partial charge in [0.2, 0.25) is 0 Å². The maximum absolute atomic E-state index is 12.9. The van der Waals surface area contributed by atoms with Crippen molar-refractivity contribution in [2.75, 3.05) is 78.2 Å². The Bertz CT molecular complexity index is 4500. The lowest BCUT2D eigenvalue weighted by Crippen LogP contribution is -2.35. The van der Waals surface area contributed by atoms with Gasteiger partial charge in [-0.25, -0.2) is 15.0 Å². The van der Waals surface area contributed by atoms with Gasteiger partial charge in [0.05, 0.1) is 55.4 Å². The second kappa shape index (κ2) is 37.4. The Morgan fingerprint density at radius 3 is 0.941 bits per heavy atom. The van der Waals surface area contributed by atoms with Gasteiger partial charge in [-0.2, -0.15) is 0 Å². The molecule has 3 aliphatic rings. The molecule has 3 aliphatic heterocycles. The summed E-state index contributed by atoms with van der Waals surface area (Å²) in [4.78, 5) is 99.8. The number of likely N-dealkylation sites (N-methyl/N-ethyl adjacent to an activating group) is 1. The van der Waals surface area contributed by atoms with Crippen LogP contribution in [0, 0.1) is 10.8 Å². The highest BCUT2D eigenvalue weighted by Crippen LogP contribution is 2.28. The van der Waals surface area contributed by atoms with E-state index in [9.17, 15) is 28.8 Å². The number of benzene rings is 6. The average molecular weight is 1500 g/mol. The van der Waals surface area contributed by atoms with Crippen LogP contribution >= 0.6 is 69.6 Å². The quantitative estimate of drug-likeness (QED) is 0.0351. The summed E-state index contributed by atoms with van der Waals surface area (Å²) in [5, 5.41) is 35.5. The van der Waals surface area contributed by atoms with Crippen molar-refractivity contribution in [3.8, 4) is 0 Å². The van der Waals surface area contributed by atoms with Gasteiger partial charge in [0.25, 0.3) is 35.4 Å². The van der Waals surface area contributed by atoms with Gasteiger partial charge in [-0.1, -0.05) is 128 Å². The van der Waals surface area contributed by atoms with Gasteiger partial charge in [0.1, 0.15) is 35.0 Å². The largest absolute Gasteiger partial charge is 0.358 e. The van der Waals surface area contributed by atoms with Crippen molar-refractivity contribution in [3.05, 3.63) is 263 Å². The molecule has 3 aromatic heterocycles. The molecule has 6 amide bonds. The highest BCUT2D eigenvalue weighted by Gasteiger charge is 2.23. The summed E-state index contributed by atoms with van der Waals surface area (Å²) in [5.41, 5.74) is 5.30. The fourth-order valence-corrected chi connectivity index (χ4v) is 11.4. The summed E-state index contributed by atoms with van der Waals surface area (Å²) in [6.07, 6.45) is 9.83. The number of nitrogens with one attached hydrogen (secondary N) is 8. The zero-order valence-electron chi connectivity index (χ0n) is 52.9. The number of hydrogen-bond donors (Lipinski definition) is 8. The predicted octanol–water partition coefficient (Wildman–Crippen LogP) is 17.5. The number of hydrogen-bond acceptors (Lipinski definition) is 13. The Kier molecular flexibility index (Phi) is 29.0. The lowest BCUT2D eigenvalue weighted by Gasteiger charge is -2.29. The molecule has 27 heteroatoms. The van der Waals surface area contributed by atoms with Gasteiger partial charge < -0.3 is 46.6 Å². The van der Waals surface area contributed by atoms with Gasteiger partial charge >= 0.3 is 0 Å². The number of likely N-dealkylation sites (tertiary alicyclic amines) is 2. The van der Waals surface area contributed by atoms with E-state index < -0.39 is 17.7 Å². The first-order valence-electron chi connectivity index (χ1n) is 31.1. The van der Waals surface area contributed by atoms with Gasteiger partial charge in [-0.05, 0) is 159 Å². The van der Waals surface area contributed by atoms with Crippen molar-refractivity contribution in [1.82, 2.24) is 29.7 Å². The molecular formula is C75H75Cl6N15O6. The molecule has 528 valence electrons. The third-order valence-corrected chi connectivity index (χ3v) is 17.1. The molecular weight excluding hydrogens is 1420 g/mol. The lowest BCUT2D eigenvalue weighted by atomic mass is 10.1. The number of aliphatic imine (C=N–C) groups is 1. The van der Waals surface area contributed by atoms with E-state index in [-0.39, 0.29) is 56.7 Å². The molecule has 0 unspecified atom stereocenters. The fraction of sp³-hybridized carbons (Fsp3) is 0.200. The second-order valence-electron chi connectivity index (χ2n) is 22.7. The molecule has 0 radical (unpaired) electrons. The molecule has 21 nitrogen and oxygen atoms in total. The summed E-state index contributed by atoms with van der Waals surface area (Å²) < 4.78 is 0. The van der Waals surface area contributed by atoms with E-state index in [0.717, 1.165) is 87.5 Å². The van der Waals surface area contributed by atoms with E-state index in [1.807, 2.05) is 24.1 Å². The molecule has 102 heavy (non-hydrogen) atoms. The van der Waals surface area contributed by atoms with Gasteiger partial charge in [-0.15, -0.1) is 0 Å². The van der Waals surface area contributed by atoms with Gasteiger partial charge in [-0.3, -0.25) is 44.6 Å². The molecule has 9 aromatic rings. The number of carbonyl (C=O) groups excluding carboxylic acids is 6. The average Bonchev–Trinajstić information content (AvgIpc) is 0.969. The Balaban J connectivity index is 0.000000211. The minimum Gasteiger partial charge on any atom is -0.358 e. The molecule has 8 N–H and O–H groups in total. The minimum absolute atomic E-state index is 0. The van der Waals surface area contributed by atoms with Crippen molar-refractivity contribution >= 4 is 157 Å². The molecule has 0 atom stereocenters. The van der Waals surface area contributed by atoms with Crippen LogP contribution in [-0.4, -0.2) is 129 Å². The normalized spacial score (nSPS) is 12.7. The summed E-state index contributed by atoms with van der Waals surface area (Å²) in [6.45, 7) is 5.18. The molecule has 0 aliphatic carbocycles. The standard InChI is InChI=1S/C25H23Cl2N5O2.C24H21Cl2N5O2.C23H19Cl2N5O2.3CH4/c26-18-8-10-21(20(14-18)25(34)31-22-11-9-19(27)15-29-22)30-24(33)17-6-4-16(5-7-17)23(28)32-12-2-1-3-13-32;25-17-7-9-20(19(13-17)24(33)30-21-10-8-18(26)14-28-21)29-23(32)16-5-3-15(4-6-16)22(27)31-11-1-2-12-31;1-30-11-10-26-21(30)14-2-4-15(5-3-14)22(31)28-19-8-6-16(24)12-18(19)23(32)29-20-9-7-17(25)13-27-20;;;/h4-11,14-15,28H,1-3,12-13H2,(H,30,33)(H,29,31,34);3-10,13-14,27H,1-2,11-12H2,(H,29,32)(H,28,30,33);2-9,12-13H,10-11H2,1H3,(H,28,31)(H,27,29,32);3*1H4. The van der Waals surface area contributed by atoms with E-state index in [2.05, 4.69) is 61.6 Å². The number of halogens is 6. The topological polar surface area (TPSA) is 283 Å². The molecule has 12 rings (SSSR count).